The Morgan fingerprint density at radius 3 is 2.74 bits per heavy atom. The number of aliphatic hydroxyl groups is 1. The second kappa shape index (κ2) is 7.01. The van der Waals surface area contributed by atoms with Gasteiger partial charge in [-0.05, 0) is 32.1 Å². The monoisotopic (exact) mass is 268 g/mol. The fourth-order valence-electron chi connectivity index (χ4n) is 2.76. The largest absolute Gasteiger partial charge is 0.393 e. The Labute approximate surface area is 114 Å². The van der Waals surface area contributed by atoms with Crippen LogP contribution < -0.4 is 0 Å². The Kier molecular flexibility index (Phi) is 5.34. The standard InChI is InChI=1S/C14H24N2O3/c1-10(17)8-9-12-15-14(16-19-12)13(18-2)11-6-4-3-5-7-11/h10-11,13,17H,3-9H2,1-2H3. The lowest BCUT2D eigenvalue weighted by Gasteiger charge is -2.26. The molecule has 108 valence electrons. The second-order valence-electron chi connectivity index (χ2n) is 5.49. The van der Waals surface area contributed by atoms with E-state index in [9.17, 15) is 5.11 Å². The van der Waals surface area contributed by atoms with Gasteiger partial charge in [0.1, 0.15) is 6.10 Å². The molecule has 0 spiro atoms. The maximum absolute atomic E-state index is 9.27. The zero-order valence-corrected chi connectivity index (χ0v) is 11.8. The quantitative estimate of drug-likeness (QED) is 0.859. The van der Waals surface area contributed by atoms with Gasteiger partial charge in [-0.1, -0.05) is 24.4 Å². The van der Waals surface area contributed by atoms with Crippen LogP contribution >= 0.6 is 0 Å². The van der Waals surface area contributed by atoms with Gasteiger partial charge in [0.25, 0.3) is 0 Å². The lowest BCUT2D eigenvalue weighted by molar-refractivity contribution is 0.0273. The number of hydrogen-bond acceptors (Lipinski definition) is 5. The molecule has 1 fully saturated rings. The fraction of sp³-hybridized carbons (Fsp3) is 0.857. The van der Waals surface area contributed by atoms with Crippen LogP contribution in [0.1, 0.15) is 63.3 Å². The summed E-state index contributed by atoms with van der Waals surface area (Å²) in [6.45, 7) is 1.76. The van der Waals surface area contributed by atoms with Gasteiger partial charge in [0.2, 0.25) is 11.7 Å². The lowest BCUT2D eigenvalue weighted by Crippen LogP contribution is -2.19. The minimum atomic E-state index is -0.341. The van der Waals surface area contributed by atoms with Crippen LogP contribution in [0.2, 0.25) is 0 Å². The molecule has 2 unspecified atom stereocenters. The molecule has 1 N–H and O–H groups in total. The highest BCUT2D eigenvalue weighted by atomic mass is 16.5. The molecular formula is C14H24N2O3. The number of rotatable bonds is 6. The van der Waals surface area contributed by atoms with Crippen LogP contribution in [0.15, 0.2) is 4.52 Å². The molecule has 1 heterocycles. The predicted molar refractivity (Wildman–Crippen MR) is 70.6 cm³/mol. The molecule has 0 amide bonds. The first-order valence-corrected chi connectivity index (χ1v) is 7.24. The third-order valence-corrected chi connectivity index (χ3v) is 3.85. The van der Waals surface area contributed by atoms with Crippen molar-refractivity contribution in [2.24, 2.45) is 5.92 Å². The summed E-state index contributed by atoms with van der Waals surface area (Å²) in [5.41, 5.74) is 0. The molecule has 0 radical (unpaired) electrons. The van der Waals surface area contributed by atoms with Gasteiger partial charge in [0.05, 0.1) is 6.10 Å². The molecule has 0 aliphatic heterocycles. The molecule has 19 heavy (non-hydrogen) atoms. The van der Waals surface area contributed by atoms with Gasteiger partial charge in [-0.25, -0.2) is 0 Å². The zero-order chi connectivity index (χ0) is 13.7. The zero-order valence-electron chi connectivity index (χ0n) is 11.8. The van der Waals surface area contributed by atoms with Crippen LogP contribution in [0.5, 0.6) is 0 Å². The molecule has 5 nitrogen and oxygen atoms in total. The number of hydrogen-bond donors (Lipinski definition) is 1. The molecule has 1 aliphatic carbocycles. The summed E-state index contributed by atoms with van der Waals surface area (Å²) in [6, 6.07) is 0. The minimum Gasteiger partial charge on any atom is -0.393 e. The van der Waals surface area contributed by atoms with Gasteiger partial charge in [0, 0.05) is 13.5 Å². The maximum Gasteiger partial charge on any atom is 0.226 e. The number of aromatic nitrogens is 2. The van der Waals surface area contributed by atoms with Crippen LogP contribution in [0.4, 0.5) is 0 Å². The molecule has 0 aromatic carbocycles. The molecule has 2 atom stereocenters. The molecule has 1 aliphatic rings. The van der Waals surface area contributed by atoms with Crippen molar-refractivity contribution in [2.45, 2.75) is 64.1 Å². The summed E-state index contributed by atoms with van der Waals surface area (Å²) in [7, 11) is 1.71. The third-order valence-electron chi connectivity index (χ3n) is 3.85. The number of aryl methyl sites for hydroxylation is 1. The Morgan fingerprint density at radius 2 is 2.11 bits per heavy atom. The molecular weight excluding hydrogens is 244 g/mol. The van der Waals surface area contributed by atoms with E-state index >= 15 is 0 Å². The molecule has 1 aromatic heterocycles. The topological polar surface area (TPSA) is 68.4 Å². The number of nitrogens with zero attached hydrogens (tertiary/aromatic N) is 2. The van der Waals surface area contributed by atoms with E-state index < -0.39 is 0 Å². The van der Waals surface area contributed by atoms with E-state index in [-0.39, 0.29) is 12.2 Å². The third kappa shape index (κ3) is 4.01. The van der Waals surface area contributed by atoms with Crippen molar-refractivity contribution in [1.29, 1.82) is 0 Å². The molecule has 1 saturated carbocycles. The molecule has 1 aromatic rings. The SMILES string of the molecule is COC(c1noc(CCC(C)O)n1)C1CCCCC1. The fourth-order valence-corrected chi connectivity index (χ4v) is 2.76. The first-order valence-electron chi connectivity index (χ1n) is 7.24. The Bertz CT molecular complexity index is 373. The summed E-state index contributed by atoms with van der Waals surface area (Å²) < 4.78 is 10.8. The molecule has 2 rings (SSSR count). The van der Waals surface area contributed by atoms with E-state index in [1.807, 2.05) is 0 Å². The summed E-state index contributed by atoms with van der Waals surface area (Å²) >= 11 is 0. The smallest absolute Gasteiger partial charge is 0.226 e. The summed E-state index contributed by atoms with van der Waals surface area (Å²) in [5, 5.41) is 13.3. The molecule has 0 saturated heterocycles. The number of ether oxygens (including phenoxy) is 1. The Balaban J connectivity index is 1.98. The first-order chi connectivity index (χ1) is 9.20. The summed E-state index contributed by atoms with van der Waals surface area (Å²) in [5.74, 6) is 1.75. The van der Waals surface area contributed by atoms with E-state index in [0.29, 0.717) is 30.5 Å². The van der Waals surface area contributed by atoms with Gasteiger partial charge in [0.15, 0.2) is 0 Å². The van der Waals surface area contributed by atoms with Crippen molar-refractivity contribution in [3.8, 4) is 0 Å². The van der Waals surface area contributed by atoms with E-state index in [1.54, 1.807) is 14.0 Å². The molecule has 0 bridgehead atoms. The van der Waals surface area contributed by atoms with Gasteiger partial charge < -0.3 is 14.4 Å². The van der Waals surface area contributed by atoms with Gasteiger partial charge in [-0.15, -0.1) is 0 Å². The van der Waals surface area contributed by atoms with Crippen LogP contribution in [-0.4, -0.2) is 28.5 Å². The van der Waals surface area contributed by atoms with E-state index in [4.69, 9.17) is 9.26 Å². The average molecular weight is 268 g/mol. The van der Waals surface area contributed by atoms with Crippen LogP contribution in [0, 0.1) is 5.92 Å². The average Bonchev–Trinajstić information content (AvgIpc) is 2.87. The van der Waals surface area contributed by atoms with Crippen molar-refractivity contribution in [1.82, 2.24) is 10.1 Å². The Hall–Kier alpha value is -0.940. The van der Waals surface area contributed by atoms with Crippen molar-refractivity contribution in [2.75, 3.05) is 7.11 Å². The second-order valence-corrected chi connectivity index (χ2v) is 5.49. The number of methoxy groups -OCH3 is 1. The maximum atomic E-state index is 9.27. The number of aliphatic hydroxyl groups excluding tert-OH is 1. The van der Waals surface area contributed by atoms with E-state index in [0.717, 1.165) is 0 Å². The summed E-state index contributed by atoms with van der Waals surface area (Å²) in [6.07, 6.45) is 7.06. The van der Waals surface area contributed by atoms with Gasteiger partial charge in [-0.2, -0.15) is 4.98 Å². The van der Waals surface area contributed by atoms with Crippen LogP contribution in [0.3, 0.4) is 0 Å². The Morgan fingerprint density at radius 1 is 1.37 bits per heavy atom. The van der Waals surface area contributed by atoms with Gasteiger partial charge >= 0.3 is 0 Å². The highest BCUT2D eigenvalue weighted by Crippen LogP contribution is 2.35. The predicted octanol–water partition coefficient (Wildman–Crippen LogP) is 2.65. The van der Waals surface area contributed by atoms with E-state index in [2.05, 4.69) is 10.1 Å². The van der Waals surface area contributed by atoms with Crippen molar-refractivity contribution < 1.29 is 14.4 Å². The van der Waals surface area contributed by atoms with Gasteiger partial charge in [-0.3, -0.25) is 0 Å². The van der Waals surface area contributed by atoms with Crippen molar-refractivity contribution in [3.05, 3.63) is 11.7 Å². The summed E-state index contributed by atoms with van der Waals surface area (Å²) in [4.78, 5) is 4.41. The van der Waals surface area contributed by atoms with Crippen molar-refractivity contribution in [3.63, 3.8) is 0 Å². The minimum absolute atomic E-state index is 0.0515. The first kappa shape index (κ1) is 14.5. The van der Waals surface area contributed by atoms with E-state index in [1.165, 1.54) is 32.1 Å². The highest BCUT2D eigenvalue weighted by molar-refractivity contribution is 4.95. The lowest BCUT2D eigenvalue weighted by atomic mass is 9.85. The van der Waals surface area contributed by atoms with Crippen LogP contribution in [-0.2, 0) is 11.2 Å². The highest BCUT2D eigenvalue weighted by Gasteiger charge is 2.28. The van der Waals surface area contributed by atoms with Crippen LogP contribution in [0.25, 0.3) is 0 Å². The molecule has 5 heteroatoms. The normalized spacial score (nSPS) is 20.4. The van der Waals surface area contributed by atoms with Crippen molar-refractivity contribution >= 4 is 0 Å².